The van der Waals surface area contributed by atoms with E-state index in [9.17, 15) is 14.4 Å². The Hall–Kier alpha value is -3.67. The van der Waals surface area contributed by atoms with Crippen molar-refractivity contribution in [1.29, 1.82) is 0 Å². The van der Waals surface area contributed by atoms with Crippen LogP contribution < -0.4 is 0 Å². The van der Waals surface area contributed by atoms with Gasteiger partial charge in [0.15, 0.2) is 6.10 Å². The number of ether oxygens (including phenoxy) is 3. The predicted molar refractivity (Wildman–Crippen MR) is 353 cm³/mol. The number of rotatable bonds is 63. The normalized spacial score (nSPS) is 12.7. The van der Waals surface area contributed by atoms with E-state index in [1.54, 1.807) is 0 Å². The summed E-state index contributed by atoms with van der Waals surface area (Å²) >= 11 is 0. The van der Waals surface area contributed by atoms with E-state index in [1.807, 2.05) is 6.08 Å². The molecule has 0 aliphatic heterocycles. The Morgan fingerprint density at radius 1 is 0.259 bits per heavy atom. The Labute approximate surface area is 502 Å². The number of unbranched alkanes of at least 4 members (excludes halogenated alkanes) is 36. The lowest BCUT2D eigenvalue weighted by Gasteiger charge is -2.18. The second-order valence-corrected chi connectivity index (χ2v) is 23.1. The fourth-order valence-electron chi connectivity index (χ4n) is 9.87. The predicted octanol–water partition coefficient (Wildman–Crippen LogP) is 24.0. The molecule has 466 valence electrons. The summed E-state index contributed by atoms with van der Waals surface area (Å²) in [6, 6.07) is 0. The van der Waals surface area contributed by atoms with E-state index in [0.29, 0.717) is 19.3 Å². The summed E-state index contributed by atoms with van der Waals surface area (Å²) in [6.07, 6.45) is 93.0. The van der Waals surface area contributed by atoms with Crippen LogP contribution in [-0.4, -0.2) is 37.2 Å². The van der Waals surface area contributed by atoms with E-state index < -0.39 is 6.10 Å². The average Bonchev–Trinajstić information content (AvgIpc) is 3.47. The smallest absolute Gasteiger partial charge is 0.306 e. The first-order valence-electron chi connectivity index (χ1n) is 34.7. The Morgan fingerprint density at radius 3 is 0.802 bits per heavy atom. The molecular formula is C75H130O6. The van der Waals surface area contributed by atoms with Gasteiger partial charge in [0.2, 0.25) is 0 Å². The minimum atomic E-state index is -0.821. The Morgan fingerprint density at radius 2 is 0.506 bits per heavy atom. The molecule has 0 heterocycles. The quantitative estimate of drug-likeness (QED) is 0.0261. The standard InChI is InChI=1S/C75H130O6/c1-4-7-10-13-16-19-22-25-28-31-34-35-36-37-38-39-42-44-47-50-53-56-59-62-65-68-74(77)80-71-72(81-75(78)69-66-63-60-57-54-51-48-45-41-33-30-27-24-21-18-15-12-9-6-3)70-79-73(76)67-64-61-58-55-52-49-46-43-40-32-29-26-23-20-17-14-11-8-5-2/h9,12,18,21,26-27,29-31,34,41,45,51,54,60,63,72H,4-8,10-11,13-17,19-20,22-25,28,32-33,35-40,42-44,46-50,52-53,55-59,61-62,64-71H2,1-3H3/b12-9-,21-18-,29-26-,30-27-,34-31-,45-41-,54-51-,63-60-. The zero-order valence-electron chi connectivity index (χ0n) is 53.5. The number of carbonyl (C=O) groups excluding carboxylic acids is 3. The van der Waals surface area contributed by atoms with Crippen molar-refractivity contribution in [3.63, 3.8) is 0 Å². The molecule has 0 fully saturated rings. The fourth-order valence-corrected chi connectivity index (χ4v) is 9.87. The van der Waals surface area contributed by atoms with Gasteiger partial charge < -0.3 is 14.2 Å². The minimum absolute atomic E-state index is 0.107. The number of hydrogen-bond donors (Lipinski definition) is 0. The molecular weight excluding hydrogens is 997 g/mol. The molecule has 0 aromatic rings. The van der Waals surface area contributed by atoms with Crippen molar-refractivity contribution in [2.45, 2.75) is 348 Å². The zero-order chi connectivity index (χ0) is 58.5. The Balaban J connectivity index is 4.41. The minimum Gasteiger partial charge on any atom is -0.462 e. The van der Waals surface area contributed by atoms with Gasteiger partial charge in [0.05, 0.1) is 0 Å². The van der Waals surface area contributed by atoms with Gasteiger partial charge in [-0.15, -0.1) is 0 Å². The Bertz CT molecular complexity index is 1580. The fraction of sp³-hybridized carbons (Fsp3) is 0.747. The van der Waals surface area contributed by atoms with Crippen LogP contribution in [0.2, 0.25) is 0 Å². The maximum Gasteiger partial charge on any atom is 0.306 e. The van der Waals surface area contributed by atoms with E-state index in [2.05, 4.69) is 112 Å². The second kappa shape index (κ2) is 68.8. The van der Waals surface area contributed by atoms with E-state index in [1.165, 1.54) is 218 Å². The van der Waals surface area contributed by atoms with E-state index in [-0.39, 0.29) is 37.5 Å². The molecule has 0 aliphatic rings. The molecule has 0 rings (SSSR count). The van der Waals surface area contributed by atoms with Gasteiger partial charge in [-0.2, -0.15) is 0 Å². The molecule has 81 heavy (non-hydrogen) atoms. The van der Waals surface area contributed by atoms with Crippen molar-refractivity contribution < 1.29 is 28.6 Å². The lowest BCUT2D eigenvalue weighted by Crippen LogP contribution is -2.30. The van der Waals surface area contributed by atoms with Crippen molar-refractivity contribution in [2.24, 2.45) is 0 Å². The first-order chi connectivity index (χ1) is 40.0. The monoisotopic (exact) mass is 1130 g/mol. The maximum absolute atomic E-state index is 12.9. The molecule has 0 bridgehead atoms. The van der Waals surface area contributed by atoms with Crippen LogP contribution in [-0.2, 0) is 28.6 Å². The van der Waals surface area contributed by atoms with Crippen LogP contribution in [0.4, 0.5) is 0 Å². The van der Waals surface area contributed by atoms with Crippen LogP contribution in [0.3, 0.4) is 0 Å². The SMILES string of the molecule is CC/C=C\C/C=C\C/C=C\C/C=C\C/C=C\C/C=C\CCC(=O)OC(COC(=O)CCCCCCCCCCC/C=C\CCCCCCCC)COC(=O)CCCCCCCCCCCCCCC/C=C\CCCCCCCCCC. The van der Waals surface area contributed by atoms with Gasteiger partial charge in [-0.05, 0) is 109 Å². The summed E-state index contributed by atoms with van der Waals surface area (Å²) in [6.45, 7) is 6.50. The molecule has 0 amide bonds. The summed E-state index contributed by atoms with van der Waals surface area (Å²) in [5.74, 6) is -0.979. The van der Waals surface area contributed by atoms with Crippen LogP contribution in [0.15, 0.2) is 97.2 Å². The molecule has 6 heteroatoms. The van der Waals surface area contributed by atoms with Crippen LogP contribution in [0.25, 0.3) is 0 Å². The molecule has 1 atom stereocenters. The van der Waals surface area contributed by atoms with Gasteiger partial charge in [-0.3, -0.25) is 14.4 Å². The van der Waals surface area contributed by atoms with Crippen LogP contribution >= 0.6 is 0 Å². The Kier molecular flexibility index (Phi) is 65.7. The highest BCUT2D eigenvalue weighted by Crippen LogP contribution is 2.17. The summed E-state index contributed by atoms with van der Waals surface area (Å²) in [5.41, 5.74) is 0. The molecule has 0 N–H and O–H groups in total. The van der Waals surface area contributed by atoms with Crippen molar-refractivity contribution >= 4 is 17.9 Å². The molecule has 6 nitrogen and oxygen atoms in total. The maximum atomic E-state index is 12.9. The zero-order valence-corrected chi connectivity index (χ0v) is 53.5. The van der Waals surface area contributed by atoms with Gasteiger partial charge in [-0.25, -0.2) is 0 Å². The van der Waals surface area contributed by atoms with Gasteiger partial charge in [0, 0.05) is 19.3 Å². The van der Waals surface area contributed by atoms with Crippen molar-refractivity contribution in [3.8, 4) is 0 Å². The highest BCUT2D eigenvalue weighted by Gasteiger charge is 2.19. The largest absolute Gasteiger partial charge is 0.462 e. The average molecular weight is 1130 g/mol. The van der Waals surface area contributed by atoms with Crippen LogP contribution in [0.5, 0.6) is 0 Å². The lowest BCUT2D eigenvalue weighted by atomic mass is 10.0. The second-order valence-electron chi connectivity index (χ2n) is 23.1. The molecule has 0 aliphatic carbocycles. The van der Waals surface area contributed by atoms with Gasteiger partial charge in [0.1, 0.15) is 13.2 Å². The third-order valence-corrected chi connectivity index (χ3v) is 15.1. The number of hydrogen-bond acceptors (Lipinski definition) is 6. The third-order valence-electron chi connectivity index (χ3n) is 15.1. The lowest BCUT2D eigenvalue weighted by molar-refractivity contribution is -0.166. The summed E-state index contributed by atoms with van der Waals surface area (Å²) in [4.78, 5) is 38.4. The number of allylic oxidation sites excluding steroid dienone is 16. The van der Waals surface area contributed by atoms with Crippen molar-refractivity contribution in [2.75, 3.05) is 13.2 Å². The van der Waals surface area contributed by atoms with Crippen LogP contribution in [0, 0.1) is 0 Å². The van der Waals surface area contributed by atoms with Gasteiger partial charge >= 0.3 is 17.9 Å². The molecule has 0 saturated heterocycles. The summed E-state index contributed by atoms with van der Waals surface area (Å²) in [5, 5.41) is 0. The molecule has 0 radical (unpaired) electrons. The summed E-state index contributed by atoms with van der Waals surface area (Å²) < 4.78 is 16.9. The number of carbonyl (C=O) groups is 3. The third kappa shape index (κ3) is 67.0. The van der Waals surface area contributed by atoms with Gasteiger partial charge in [0.25, 0.3) is 0 Å². The van der Waals surface area contributed by atoms with Crippen LogP contribution in [0.1, 0.15) is 342 Å². The van der Waals surface area contributed by atoms with E-state index >= 15 is 0 Å². The first kappa shape index (κ1) is 77.3. The summed E-state index contributed by atoms with van der Waals surface area (Å²) in [7, 11) is 0. The van der Waals surface area contributed by atoms with Crippen molar-refractivity contribution in [1.82, 2.24) is 0 Å². The van der Waals surface area contributed by atoms with E-state index in [4.69, 9.17) is 14.2 Å². The molecule has 1 unspecified atom stereocenters. The molecule has 0 spiro atoms. The van der Waals surface area contributed by atoms with Gasteiger partial charge in [-0.1, -0.05) is 311 Å². The molecule has 0 aromatic heterocycles. The number of esters is 3. The van der Waals surface area contributed by atoms with Crippen molar-refractivity contribution in [3.05, 3.63) is 97.2 Å². The highest BCUT2D eigenvalue weighted by molar-refractivity contribution is 5.71. The topological polar surface area (TPSA) is 78.9 Å². The van der Waals surface area contributed by atoms with E-state index in [0.717, 1.165) is 77.0 Å². The molecule has 0 saturated carbocycles. The highest BCUT2D eigenvalue weighted by atomic mass is 16.6. The first-order valence-corrected chi connectivity index (χ1v) is 34.7. The molecule has 0 aromatic carbocycles.